The Bertz CT molecular complexity index is 657. The number of nitrogens with one attached hydrogen (secondary N) is 2. The molecule has 1 heterocycles. The standard InChI is InChI=1S/C14H15BrFN3O/c1-2-5-17-8-10-7-13(20)19-14(18-10)11-6-9(16)3-4-12(11)15/h3-4,6-7,17H,2,5,8H2,1H3,(H,18,19,20). The first-order valence-electron chi connectivity index (χ1n) is 6.36. The molecule has 1 aromatic carbocycles. The van der Waals surface area contributed by atoms with E-state index in [-0.39, 0.29) is 11.4 Å². The quantitative estimate of drug-likeness (QED) is 0.823. The molecule has 0 aliphatic carbocycles. The Balaban J connectivity index is 2.36. The molecule has 2 N–H and O–H groups in total. The molecule has 20 heavy (non-hydrogen) atoms. The number of hydrogen-bond acceptors (Lipinski definition) is 3. The lowest BCUT2D eigenvalue weighted by Crippen LogP contribution is -2.18. The van der Waals surface area contributed by atoms with Crippen molar-refractivity contribution in [2.45, 2.75) is 19.9 Å². The van der Waals surface area contributed by atoms with Crippen LogP contribution in [0.1, 0.15) is 19.0 Å². The second kappa shape index (κ2) is 6.76. The van der Waals surface area contributed by atoms with Crippen LogP contribution in [-0.4, -0.2) is 16.5 Å². The molecule has 6 heteroatoms. The molecule has 0 atom stereocenters. The summed E-state index contributed by atoms with van der Waals surface area (Å²) in [5, 5.41) is 3.18. The van der Waals surface area contributed by atoms with E-state index in [4.69, 9.17) is 0 Å². The van der Waals surface area contributed by atoms with Crippen LogP contribution in [0.4, 0.5) is 4.39 Å². The van der Waals surface area contributed by atoms with Crippen LogP contribution in [0.2, 0.25) is 0 Å². The number of nitrogens with zero attached hydrogens (tertiary/aromatic N) is 1. The largest absolute Gasteiger partial charge is 0.311 e. The SMILES string of the molecule is CCCNCc1cc(=O)[nH]c(-c2cc(F)ccc2Br)n1. The third-order valence-corrected chi connectivity index (χ3v) is 3.40. The molecule has 0 aliphatic rings. The van der Waals surface area contributed by atoms with Crippen LogP contribution in [0, 0.1) is 5.82 Å². The Morgan fingerprint density at radius 1 is 1.40 bits per heavy atom. The summed E-state index contributed by atoms with van der Waals surface area (Å²) in [6.07, 6.45) is 1.01. The van der Waals surface area contributed by atoms with Crippen LogP contribution in [0.15, 0.2) is 33.5 Å². The molecule has 0 saturated carbocycles. The van der Waals surface area contributed by atoms with Crippen LogP contribution in [0.3, 0.4) is 0 Å². The van der Waals surface area contributed by atoms with Gasteiger partial charge in [-0.3, -0.25) is 4.79 Å². The third-order valence-electron chi connectivity index (χ3n) is 2.71. The van der Waals surface area contributed by atoms with Gasteiger partial charge in [-0.05, 0) is 31.2 Å². The fourth-order valence-electron chi connectivity index (χ4n) is 1.80. The lowest BCUT2D eigenvalue weighted by atomic mass is 10.2. The smallest absolute Gasteiger partial charge is 0.251 e. The molecule has 0 unspecified atom stereocenters. The number of benzene rings is 1. The predicted octanol–water partition coefficient (Wildman–Crippen LogP) is 2.84. The van der Waals surface area contributed by atoms with Crippen LogP contribution in [0.5, 0.6) is 0 Å². The van der Waals surface area contributed by atoms with E-state index in [1.165, 1.54) is 18.2 Å². The van der Waals surface area contributed by atoms with Gasteiger partial charge < -0.3 is 10.3 Å². The van der Waals surface area contributed by atoms with Crippen molar-refractivity contribution in [3.8, 4) is 11.4 Å². The molecule has 0 aliphatic heterocycles. The molecule has 106 valence electrons. The molecular formula is C14H15BrFN3O. The maximum absolute atomic E-state index is 13.3. The Labute approximate surface area is 124 Å². The van der Waals surface area contributed by atoms with Gasteiger partial charge in [0.15, 0.2) is 0 Å². The lowest BCUT2D eigenvalue weighted by molar-refractivity contribution is 0.627. The molecule has 2 aromatic rings. The summed E-state index contributed by atoms with van der Waals surface area (Å²) in [6, 6.07) is 5.72. The zero-order chi connectivity index (χ0) is 14.5. The van der Waals surface area contributed by atoms with Gasteiger partial charge in [0.05, 0.1) is 5.69 Å². The van der Waals surface area contributed by atoms with Crippen molar-refractivity contribution >= 4 is 15.9 Å². The summed E-state index contributed by atoms with van der Waals surface area (Å²) < 4.78 is 14.0. The van der Waals surface area contributed by atoms with Crippen molar-refractivity contribution in [1.82, 2.24) is 15.3 Å². The van der Waals surface area contributed by atoms with Gasteiger partial charge in [-0.15, -0.1) is 0 Å². The monoisotopic (exact) mass is 339 g/mol. The van der Waals surface area contributed by atoms with Gasteiger partial charge in [0.2, 0.25) is 0 Å². The van der Waals surface area contributed by atoms with E-state index in [1.54, 1.807) is 6.07 Å². The molecule has 0 amide bonds. The maximum Gasteiger partial charge on any atom is 0.251 e. The highest BCUT2D eigenvalue weighted by atomic mass is 79.9. The zero-order valence-electron chi connectivity index (χ0n) is 11.0. The molecular weight excluding hydrogens is 325 g/mol. The van der Waals surface area contributed by atoms with E-state index in [1.807, 2.05) is 0 Å². The number of hydrogen-bond donors (Lipinski definition) is 2. The minimum absolute atomic E-state index is 0.251. The van der Waals surface area contributed by atoms with Gasteiger partial charge in [-0.1, -0.05) is 22.9 Å². The summed E-state index contributed by atoms with van der Waals surface area (Å²) in [6.45, 7) is 3.43. The Hall–Kier alpha value is -1.53. The normalized spacial score (nSPS) is 10.8. The minimum atomic E-state index is -0.375. The second-order valence-electron chi connectivity index (χ2n) is 4.39. The predicted molar refractivity (Wildman–Crippen MR) is 79.9 cm³/mol. The van der Waals surface area contributed by atoms with E-state index < -0.39 is 0 Å². The Morgan fingerprint density at radius 3 is 2.95 bits per heavy atom. The number of rotatable bonds is 5. The van der Waals surface area contributed by atoms with Crippen molar-refractivity contribution in [3.63, 3.8) is 0 Å². The Morgan fingerprint density at radius 2 is 2.20 bits per heavy atom. The van der Waals surface area contributed by atoms with E-state index in [9.17, 15) is 9.18 Å². The Kier molecular flexibility index (Phi) is 5.03. The van der Waals surface area contributed by atoms with Gasteiger partial charge in [0.1, 0.15) is 11.6 Å². The summed E-state index contributed by atoms with van der Waals surface area (Å²) in [4.78, 5) is 18.7. The zero-order valence-corrected chi connectivity index (χ0v) is 12.6. The molecule has 4 nitrogen and oxygen atoms in total. The molecule has 0 fully saturated rings. The van der Waals surface area contributed by atoms with Crippen LogP contribution >= 0.6 is 15.9 Å². The summed E-state index contributed by atoms with van der Waals surface area (Å²) in [7, 11) is 0. The van der Waals surface area contributed by atoms with Crippen LogP contribution in [0.25, 0.3) is 11.4 Å². The van der Waals surface area contributed by atoms with Crippen LogP contribution in [-0.2, 0) is 6.54 Å². The summed E-state index contributed by atoms with van der Waals surface area (Å²) in [5.41, 5.74) is 0.910. The molecule has 1 aromatic heterocycles. The van der Waals surface area contributed by atoms with Crippen molar-refractivity contribution < 1.29 is 4.39 Å². The van der Waals surface area contributed by atoms with Gasteiger partial charge in [0.25, 0.3) is 5.56 Å². The topological polar surface area (TPSA) is 57.8 Å². The van der Waals surface area contributed by atoms with E-state index in [2.05, 4.69) is 38.1 Å². The van der Waals surface area contributed by atoms with Crippen LogP contribution < -0.4 is 10.9 Å². The lowest BCUT2D eigenvalue weighted by Gasteiger charge is -2.07. The molecule has 2 rings (SSSR count). The first kappa shape index (κ1) is 14.9. The van der Waals surface area contributed by atoms with E-state index >= 15 is 0 Å². The molecule has 0 radical (unpaired) electrons. The molecule has 0 spiro atoms. The highest BCUT2D eigenvalue weighted by molar-refractivity contribution is 9.10. The highest BCUT2D eigenvalue weighted by Crippen LogP contribution is 2.25. The fourth-order valence-corrected chi connectivity index (χ4v) is 2.23. The van der Waals surface area contributed by atoms with Gasteiger partial charge >= 0.3 is 0 Å². The molecule has 0 bridgehead atoms. The number of aromatic amines is 1. The van der Waals surface area contributed by atoms with E-state index in [0.717, 1.165) is 13.0 Å². The minimum Gasteiger partial charge on any atom is -0.311 e. The summed E-state index contributed by atoms with van der Waals surface area (Å²) >= 11 is 3.34. The van der Waals surface area contributed by atoms with Gasteiger partial charge in [-0.25, -0.2) is 9.37 Å². The second-order valence-corrected chi connectivity index (χ2v) is 5.24. The molecule has 0 saturated heterocycles. The number of halogens is 2. The van der Waals surface area contributed by atoms with Gasteiger partial charge in [0, 0.05) is 22.6 Å². The average molecular weight is 340 g/mol. The first-order valence-corrected chi connectivity index (χ1v) is 7.16. The van der Waals surface area contributed by atoms with Crippen molar-refractivity contribution in [2.75, 3.05) is 6.54 Å². The van der Waals surface area contributed by atoms with Crippen molar-refractivity contribution in [2.24, 2.45) is 0 Å². The van der Waals surface area contributed by atoms with Gasteiger partial charge in [-0.2, -0.15) is 0 Å². The van der Waals surface area contributed by atoms with E-state index in [0.29, 0.717) is 28.1 Å². The summed E-state index contributed by atoms with van der Waals surface area (Å²) in [5.74, 6) is -0.0162. The number of H-pyrrole nitrogens is 1. The third kappa shape index (κ3) is 3.74. The highest BCUT2D eigenvalue weighted by Gasteiger charge is 2.09. The number of aromatic nitrogens is 2. The van der Waals surface area contributed by atoms with Crippen molar-refractivity contribution in [1.29, 1.82) is 0 Å². The average Bonchev–Trinajstić information content (AvgIpc) is 2.41. The fraction of sp³-hybridized carbons (Fsp3) is 0.286. The first-order chi connectivity index (χ1) is 9.60. The van der Waals surface area contributed by atoms with Crippen molar-refractivity contribution in [3.05, 3.63) is 50.6 Å². The maximum atomic E-state index is 13.3.